The van der Waals surface area contributed by atoms with E-state index >= 15 is 0 Å². The minimum atomic E-state index is -0.570. The van der Waals surface area contributed by atoms with E-state index in [9.17, 15) is 9.59 Å². The van der Waals surface area contributed by atoms with E-state index in [1.807, 2.05) is 30.3 Å². The second kappa shape index (κ2) is 8.07. The molecule has 0 saturated heterocycles. The normalized spacial score (nSPS) is 12.1. The van der Waals surface area contributed by atoms with Crippen LogP contribution in [0.2, 0.25) is 0 Å². The SMILES string of the molecule is Cc1c(NC(=O)[C@H](C)Sc2nnc(-c3ccco3)o2)c(=O)n(-c2ccccc2)n1C. The van der Waals surface area contributed by atoms with Crippen molar-refractivity contribution in [3.8, 4) is 17.3 Å². The van der Waals surface area contributed by atoms with Gasteiger partial charge in [0.2, 0.25) is 5.91 Å². The predicted molar refractivity (Wildman–Crippen MR) is 112 cm³/mol. The number of benzene rings is 1. The highest BCUT2D eigenvalue weighted by atomic mass is 32.2. The number of anilines is 1. The minimum Gasteiger partial charge on any atom is -0.459 e. The molecule has 154 valence electrons. The Hall–Kier alpha value is -3.53. The lowest BCUT2D eigenvalue weighted by molar-refractivity contribution is -0.115. The summed E-state index contributed by atoms with van der Waals surface area (Å²) in [7, 11) is 1.77. The van der Waals surface area contributed by atoms with Gasteiger partial charge in [-0.15, -0.1) is 10.2 Å². The third-order valence-corrected chi connectivity index (χ3v) is 5.52. The molecule has 0 aliphatic carbocycles. The van der Waals surface area contributed by atoms with Gasteiger partial charge in [-0.05, 0) is 38.1 Å². The van der Waals surface area contributed by atoms with Crippen molar-refractivity contribution in [1.82, 2.24) is 19.6 Å². The minimum absolute atomic E-state index is 0.232. The molecule has 1 aromatic carbocycles. The maximum atomic E-state index is 12.9. The molecular formula is C20H19N5O4S. The van der Waals surface area contributed by atoms with E-state index in [1.165, 1.54) is 10.9 Å². The van der Waals surface area contributed by atoms with Crippen molar-refractivity contribution in [2.45, 2.75) is 24.3 Å². The zero-order chi connectivity index (χ0) is 21.3. The molecule has 0 spiro atoms. The largest absolute Gasteiger partial charge is 0.459 e. The van der Waals surface area contributed by atoms with Gasteiger partial charge in [-0.2, -0.15) is 0 Å². The van der Waals surface area contributed by atoms with Crippen LogP contribution in [0.3, 0.4) is 0 Å². The lowest BCUT2D eigenvalue weighted by Crippen LogP contribution is -2.27. The number of carbonyl (C=O) groups is 1. The molecule has 3 aromatic heterocycles. The summed E-state index contributed by atoms with van der Waals surface area (Å²) < 4.78 is 14.0. The van der Waals surface area contributed by atoms with Gasteiger partial charge in [0, 0.05) is 7.05 Å². The van der Waals surface area contributed by atoms with Crippen molar-refractivity contribution in [2.75, 3.05) is 5.32 Å². The van der Waals surface area contributed by atoms with Crippen LogP contribution in [-0.4, -0.2) is 30.7 Å². The fourth-order valence-corrected chi connectivity index (χ4v) is 3.58. The first kappa shape index (κ1) is 19.8. The first-order valence-corrected chi connectivity index (χ1v) is 10.0. The third-order valence-electron chi connectivity index (χ3n) is 4.59. The fraction of sp³-hybridized carbons (Fsp3) is 0.200. The average Bonchev–Trinajstić information content (AvgIpc) is 3.47. The lowest BCUT2D eigenvalue weighted by atomic mass is 10.3. The van der Waals surface area contributed by atoms with E-state index in [-0.39, 0.29) is 28.3 Å². The van der Waals surface area contributed by atoms with Gasteiger partial charge >= 0.3 is 0 Å². The highest BCUT2D eigenvalue weighted by molar-refractivity contribution is 8.00. The number of hydrogen-bond acceptors (Lipinski definition) is 7. The Morgan fingerprint density at radius 2 is 1.93 bits per heavy atom. The number of nitrogens with zero attached hydrogens (tertiary/aromatic N) is 4. The fourth-order valence-electron chi connectivity index (χ4n) is 2.90. The molecule has 1 N–H and O–H groups in total. The number of aromatic nitrogens is 4. The summed E-state index contributed by atoms with van der Waals surface area (Å²) >= 11 is 1.10. The Morgan fingerprint density at radius 3 is 2.63 bits per heavy atom. The van der Waals surface area contributed by atoms with Crippen molar-refractivity contribution in [1.29, 1.82) is 0 Å². The molecule has 0 fully saturated rings. The van der Waals surface area contributed by atoms with Crippen molar-refractivity contribution in [2.24, 2.45) is 7.05 Å². The predicted octanol–water partition coefficient (Wildman–Crippen LogP) is 3.25. The van der Waals surface area contributed by atoms with Gasteiger partial charge in [-0.25, -0.2) is 4.68 Å². The molecule has 0 bridgehead atoms. The van der Waals surface area contributed by atoms with Crippen LogP contribution in [0, 0.1) is 6.92 Å². The molecule has 0 aliphatic rings. The first-order valence-electron chi connectivity index (χ1n) is 9.14. The second-order valence-corrected chi connectivity index (χ2v) is 7.83. The van der Waals surface area contributed by atoms with E-state index in [0.717, 1.165) is 11.8 Å². The molecular weight excluding hydrogens is 406 g/mol. The van der Waals surface area contributed by atoms with Crippen molar-refractivity contribution >= 4 is 23.4 Å². The molecule has 10 heteroatoms. The quantitative estimate of drug-likeness (QED) is 0.472. The van der Waals surface area contributed by atoms with Crippen molar-refractivity contribution in [3.05, 3.63) is 64.8 Å². The zero-order valence-corrected chi connectivity index (χ0v) is 17.3. The van der Waals surface area contributed by atoms with E-state index in [0.29, 0.717) is 17.1 Å². The number of furan rings is 1. The maximum Gasteiger partial charge on any atom is 0.295 e. The number of amides is 1. The Morgan fingerprint density at radius 1 is 1.17 bits per heavy atom. The molecule has 1 atom stereocenters. The standard InChI is InChI=1S/C20H19N5O4S/c1-12-16(19(27)25(24(12)3)14-8-5-4-6-9-14)21-17(26)13(2)30-20-23-22-18(29-20)15-10-7-11-28-15/h4-11,13H,1-3H3,(H,21,26)/t13-/m0/s1. The summed E-state index contributed by atoms with van der Waals surface area (Å²) in [5.41, 5.74) is 1.30. The third kappa shape index (κ3) is 3.69. The Bertz CT molecular complexity index is 1220. The van der Waals surface area contributed by atoms with Crippen LogP contribution in [0.1, 0.15) is 12.6 Å². The molecule has 3 heterocycles. The van der Waals surface area contributed by atoms with Gasteiger partial charge in [0.15, 0.2) is 5.76 Å². The lowest BCUT2D eigenvalue weighted by Gasteiger charge is -2.08. The number of rotatable bonds is 6. The van der Waals surface area contributed by atoms with Gasteiger partial charge in [0.05, 0.1) is 22.9 Å². The summed E-state index contributed by atoms with van der Waals surface area (Å²) in [6, 6.07) is 12.7. The van der Waals surface area contributed by atoms with Gasteiger partial charge in [0.1, 0.15) is 5.69 Å². The van der Waals surface area contributed by atoms with E-state index in [1.54, 1.807) is 37.7 Å². The first-order chi connectivity index (χ1) is 14.5. The molecule has 1 amide bonds. The van der Waals surface area contributed by atoms with Gasteiger partial charge < -0.3 is 14.2 Å². The molecule has 0 saturated carbocycles. The van der Waals surface area contributed by atoms with Gasteiger partial charge in [-0.3, -0.25) is 14.3 Å². The summed E-state index contributed by atoms with van der Waals surface area (Å²) in [4.78, 5) is 25.6. The van der Waals surface area contributed by atoms with Gasteiger partial charge in [0.25, 0.3) is 16.7 Å². The van der Waals surface area contributed by atoms with Crippen LogP contribution in [0.15, 0.2) is 67.6 Å². The number of thioether (sulfide) groups is 1. The number of para-hydroxylation sites is 1. The Kier molecular flexibility index (Phi) is 5.32. The molecule has 0 unspecified atom stereocenters. The smallest absolute Gasteiger partial charge is 0.295 e. The van der Waals surface area contributed by atoms with Crippen molar-refractivity contribution < 1.29 is 13.6 Å². The van der Waals surface area contributed by atoms with Crippen LogP contribution >= 0.6 is 11.8 Å². The van der Waals surface area contributed by atoms with Crippen molar-refractivity contribution in [3.63, 3.8) is 0 Å². The van der Waals surface area contributed by atoms with Crippen LogP contribution < -0.4 is 10.9 Å². The van der Waals surface area contributed by atoms with E-state index in [2.05, 4.69) is 15.5 Å². The monoisotopic (exact) mass is 425 g/mol. The average molecular weight is 425 g/mol. The molecule has 9 nitrogen and oxygen atoms in total. The van der Waals surface area contributed by atoms with Crippen LogP contribution in [0.25, 0.3) is 17.3 Å². The van der Waals surface area contributed by atoms with Crippen LogP contribution in [0.5, 0.6) is 0 Å². The molecule has 4 rings (SSSR count). The Labute approximate surface area is 175 Å². The highest BCUT2D eigenvalue weighted by Crippen LogP contribution is 2.27. The van der Waals surface area contributed by atoms with Crippen LogP contribution in [-0.2, 0) is 11.8 Å². The van der Waals surface area contributed by atoms with Crippen LogP contribution in [0.4, 0.5) is 5.69 Å². The highest BCUT2D eigenvalue weighted by Gasteiger charge is 2.23. The Balaban J connectivity index is 1.51. The second-order valence-electron chi connectivity index (χ2n) is 6.54. The summed E-state index contributed by atoms with van der Waals surface area (Å²) in [6.45, 7) is 3.48. The molecule has 0 radical (unpaired) electrons. The summed E-state index contributed by atoms with van der Waals surface area (Å²) in [6.07, 6.45) is 1.51. The number of nitrogens with one attached hydrogen (secondary N) is 1. The van der Waals surface area contributed by atoms with E-state index in [4.69, 9.17) is 8.83 Å². The zero-order valence-electron chi connectivity index (χ0n) is 16.5. The number of hydrogen-bond donors (Lipinski definition) is 1. The number of carbonyl (C=O) groups excluding carboxylic acids is 1. The van der Waals surface area contributed by atoms with E-state index < -0.39 is 5.25 Å². The molecule has 30 heavy (non-hydrogen) atoms. The molecule has 4 aromatic rings. The molecule has 0 aliphatic heterocycles. The topological polar surface area (TPSA) is 108 Å². The maximum absolute atomic E-state index is 12.9. The van der Waals surface area contributed by atoms with Gasteiger partial charge in [-0.1, -0.05) is 30.0 Å². The summed E-state index contributed by atoms with van der Waals surface area (Å²) in [5, 5.41) is 10.2. The summed E-state index contributed by atoms with van der Waals surface area (Å²) in [5.74, 6) is 0.344.